The maximum atomic E-state index is 11.8. The normalized spacial score (nSPS) is 39.3. The molecule has 13 heavy (non-hydrogen) atoms. The van der Waals surface area contributed by atoms with Crippen molar-refractivity contribution < 1.29 is 4.79 Å². The van der Waals surface area contributed by atoms with Crippen LogP contribution in [0.3, 0.4) is 0 Å². The number of carbonyl (C=O) groups excluding carboxylic acids is 1. The van der Waals surface area contributed by atoms with E-state index in [-0.39, 0.29) is 5.78 Å². The molecular formula is C11H15NO. The Morgan fingerprint density at radius 3 is 2.77 bits per heavy atom. The second-order valence-electron chi connectivity index (χ2n) is 4.34. The van der Waals surface area contributed by atoms with Gasteiger partial charge in [-0.05, 0) is 31.6 Å². The SMILES string of the molecule is N#C[C@]12CCCC[C@@H]1CCCC2=O. The van der Waals surface area contributed by atoms with Crippen LogP contribution in [0.1, 0.15) is 44.9 Å². The van der Waals surface area contributed by atoms with Gasteiger partial charge in [0.1, 0.15) is 5.41 Å². The summed E-state index contributed by atoms with van der Waals surface area (Å²) in [5.41, 5.74) is -0.559. The zero-order valence-corrected chi connectivity index (χ0v) is 7.88. The maximum Gasteiger partial charge on any atom is 0.153 e. The van der Waals surface area contributed by atoms with Crippen LogP contribution in [0.15, 0.2) is 0 Å². The Labute approximate surface area is 78.9 Å². The van der Waals surface area contributed by atoms with E-state index in [9.17, 15) is 10.1 Å². The number of ketones is 1. The van der Waals surface area contributed by atoms with Gasteiger partial charge in [0.25, 0.3) is 0 Å². The molecule has 2 atom stereocenters. The summed E-state index contributed by atoms with van der Waals surface area (Å²) >= 11 is 0. The Kier molecular flexibility index (Phi) is 2.11. The first-order chi connectivity index (χ1) is 6.29. The van der Waals surface area contributed by atoms with Gasteiger partial charge in [0, 0.05) is 6.42 Å². The van der Waals surface area contributed by atoms with Crippen LogP contribution in [-0.2, 0) is 4.79 Å². The molecule has 0 heterocycles. The number of rotatable bonds is 0. The lowest BCUT2D eigenvalue weighted by molar-refractivity contribution is -0.133. The number of fused-ring (bicyclic) bond motifs is 1. The first-order valence-corrected chi connectivity index (χ1v) is 5.24. The molecular weight excluding hydrogens is 162 g/mol. The Morgan fingerprint density at radius 2 is 2.08 bits per heavy atom. The average Bonchev–Trinajstić information content (AvgIpc) is 2.19. The summed E-state index contributed by atoms with van der Waals surface area (Å²) in [6.45, 7) is 0. The van der Waals surface area contributed by atoms with Crippen LogP contribution in [0.5, 0.6) is 0 Å². The third-order valence-corrected chi connectivity index (χ3v) is 3.72. The second kappa shape index (κ2) is 3.14. The fourth-order valence-corrected chi connectivity index (χ4v) is 2.94. The van der Waals surface area contributed by atoms with Gasteiger partial charge in [-0.1, -0.05) is 12.8 Å². The maximum absolute atomic E-state index is 11.8. The molecule has 0 spiro atoms. The topological polar surface area (TPSA) is 40.9 Å². The van der Waals surface area contributed by atoms with E-state index in [4.69, 9.17) is 0 Å². The molecule has 0 unspecified atom stereocenters. The zero-order chi connectivity index (χ0) is 9.31. The first-order valence-electron chi connectivity index (χ1n) is 5.24. The quantitative estimate of drug-likeness (QED) is 0.570. The van der Waals surface area contributed by atoms with Crippen LogP contribution in [0.2, 0.25) is 0 Å². The van der Waals surface area contributed by atoms with Crippen molar-refractivity contribution >= 4 is 5.78 Å². The Bertz CT molecular complexity index is 264. The molecule has 2 aliphatic carbocycles. The van der Waals surface area contributed by atoms with Crippen molar-refractivity contribution in [2.24, 2.45) is 11.3 Å². The van der Waals surface area contributed by atoms with Gasteiger partial charge in [-0.15, -0.1) is 0 Å². The lowest BCUT2D eigenvalue weighted by Gasteiger charge is -2.40. The fraction of sp³-hybridized carbons (Fsp3) is 0.818. The second-order valence-corrected chi connectivity index (χ2v) is 4.34. The molecule has 2 heteroatoms. The fourth-order valence-electron chi connectivity index (χ4n) is 2.94. The molecule has 2 nitrogen and oxygen atoms in total. The standard InChI is InChI=1S/C11H15NO/c12-8-11-7-2-1-4-9(11)5-3-6-10(11)13/h9H,1-7H2/t9-,11-/m1/s1. The van der Waals surface area contributed by atoms with Crippen LogP contribution in [-0.4, -0.2) is 5.78 Å². The van der Waals surface area contributed by atoms with Gasteiger partial charge in [0.2, 0.25) is 0 Å². The van der Waals surface area contributed by atoms with E-state index in [0.717, 1.165) is 32.1 Å². The molecule has 70 valence electrons. The summed E-state index contributed by atoms with van der Waals surface area (Å²) in [6.07, 6.45) is 6.94. The Hall–Kier alpha value is -0.840. The third-order valence-electron chi connectivity index (χ3n) is 3.72. The van der Waals surface area contributed by atoms with E-state index in [1.165, 1.54) is 6.42 Å². The molecule has 0 bridgehead atoms. The van der Waals surface area contributed by atoms with E-state index in [1.807, 2.05) is 0 Å². The number of Topliss-reactive ketones (excluding diaryl/α,β-unsaturated/α-hetero) is 1. The van der Waals surface area contributed by atoms with Crippen LogP contribution < -0.4 is 0 Å². The van der Waals surface area contributed by atoms with Crippen molar-refractivity contribution in [1.82, 2.24) is 0 Å². The Balaban J connectivity index is 2.30. The molecule has 2 aliphatic rings. The highest BCUT2D eigenvalue weighted by atomic mass is 16.1. The van der Waals surface area contributed by atoms with Gasteiger partial charge >= 0.3 is 0 Å². The van der Waals surface area contributed by atoms with Gasteiger partial charge in [-0.2, -0.15) is 5.26 Å². The highest BCUT2D eigenvalue weighted by molar-refractivity contribution is 5.88. The molecule has 2 fully saturated rings. The van der Waals surface area contributed by atoms with Crippen molar-refractivity contribution in [3.05, 3.63) is 0 Å². The highest BCUT2D eigenvalue weighted by Crippen LogP contribution is 2.47. The number of hydrogen-bond acceptors (Lipinski definition) is 2. The van der Waals surface area contributed by atoms with Gasteiger partial charge in [-0.25, -0.2) is 0 Å². The van der Waals surface area contributed by atoms with Crippen LogP contribution in [0.25, 0.3) is 0 Å². The minimum Gasteiger partial charge on any atom is -0.298 e. The lowest BCUT2D eigenvalue weighted by atomic mass is 9.59. The lowest BCUT2D eigenvalue weighted by Crippen LogP contribution is -2.42. The molecule has 0 aromatic heterocycles. The number of carbonyl (C=O) groups is 1. The monoisotopic (exact) mass is 177 g/mol. The summed E-state index contributed by atoms with van der Waals surface area (Å²) in [5, 5.41) is 9.18. The number of nitrogens with zero attached hydrogens (tertiary/aromatic N) is 1. The van der Waals surface area contributed by atoms with Crippen LogP contribution in [0, 0.1) is 22.7 Å². The molecule has 0 aromatic carbocycles. The number of hydrogen-bond donors (Lipinski definition) is 0. The molecule has 0 saturated heterocycles. The van der Waals surface area contributed by atoms with Crippen LogP contribution >= 0.6 is 0 Å². The summed E-state index contributed by atoms with van der Waals surface area (Å²) in [5.74, 6) is 0.610. The average molecular weight is 177 g/mol. The minimum atomic E-state index is -0.559. The largest absolute Gasteiger partial charge is 0.298 e. The molecule has 0 aliphatic heterocycles. The van der Waals surface area contributed by atoms with Crippen molar-refractivity contribution in [2.45, 2.75) is 44.9 Å². The molecule has 2 rings (SSSR count). The predicted molar refractivity (Wildman–Crippen MR) is 48.9 cm³/mol. The minimum absolute atomic E-state index is 0.228. The summed E-state index contributed by atoms with van der Waals surface area (Å²) < 4.78 is 0. The number of nitriles is 1. The molecule has 0 aromatic rings. The van der Waals surface area contributed by atoms with Gasteiger partial charge < -0.3 is 0 Å². The van der Waals surface area contributed by atoms with Gasteiger partial charge in [-0.3, -0.25) is 4.79 Å². The van der Waals surface area contributed by atoms with Crippen molar-refractivity contribution in [2.75, 3.05) is 0 Å². The summed E-state index contributed by atoms with van der Waals surface area (Å²) in [6, 6.07) is 2.32. The molecule has 0 N–H and O–H groups in total. The zero-order valence-electron chi connectivity index (χ0n) is 7.88. The molecule has 0 amide bonds. The first kappa shape index (κ1) is 8.74. The Morgan fingerprint density at radius 1 is 1.31 bits per heavy atom. The third kappa shape index (κ3) is 1.18. The summed E-state index contributed by atoms with van der Waals surface area (Å²) in [4.78, 5) is 11.8. The van der Waals surface area contributed by atoms with E-state index in [0.29, 0.717) is 12.3 Å². The van der Waals surface area contributed by atoms with Gasteiger partial charge in [0.15, 0.2) is 5.78 Å². The highest BCUT2D eigenvalue weighted by Gasteiger charge is 2.48. The summed E-state index contributed by atoms with van der Waals surface area (Å²) in [7, 11) is 0. The van der Waals surface area contributed by atoms with E-state index < -0.39 is 5.41 Å². The molecule has 2 saturated carbocycles. The van der Waals surface area contributed by atoms with Crippen molar-refractivity contribution in [3.8, 4) is 6.07 Å². The molecule has 0 radical (unpaired) electrons. The van der Waals surface area contributed by atoms with E-state index in [2.05, 4.69) is 6.07 Å². The van der Waals surface area contributed by atoms with Crippen LogP contribution in [0.4, 0.5) is 0 Å². The van der Waals surface area contributed by atoms with Crippen molar-refractivity contribution in [1.29, 1.82) is 5.26 Å². The smallest absolute Gasteiger partial charge is 0.153 e. The van der Waals surface area contributed by atoms with Crippen molar-refractivity contribution in [3.63, 3.8) is 0 Å². The predicted octanol–water partition coefficient (Wildman–Crippen LogP) is 2.44. The van der Waals surface area contributed by atoms with E-state index >= 15 is 0 Å². The van der Waals surface area contributed by atoms with E-state index in [1.54, 1.807) is 0 Å². The van der Waals surface area contributed by atoms with Gasteiger partial charge in [0.05, 0.1) is 6.07 Å².